The van der Waals surface area contributed by atoms with Gasteiger partial charge in [-0.1, -0.05) is 44.5 Å². The van der Waals surface area contributed by atoms with Crippen LogP contribution in [0.15, 0.2) is 24.3 Å². The number of hydrogen-bond acceptors (Lipinski definition) is 4. The molecule has 0 aliphatic heterocycles. The second-order valence-corrected chi connectivity index (χ2v) is 7.68. The summed E-state index contributed by atoms with van der Waals surface area (Å²) >= 11 is 6.48. The van der Waals surface area contributed by atoms with Gasteiger partial charge in [-0.25, -0.2) is 4.98 Å². The summed E-state index contributed by atoms with van der Waals surface area (Å²) in [6.07, 6.45) is 0.314. The first-order valence-corrected chi connectivity index (χ1v) is 9.32. The summed E-state index contributed by atoms with van der Waals surface area (Å²) in [5, 5.41) is 11.0. The van der Waals surface area contributed by atoms with Crippen LogP contribution in [0.2, 0.25) is 5.02 Å². The second kappa shape index (κ2) is 7.60. The minimum absolute atomic E-state index is 0.0250. The smallest absolute Gasteiger partial charge is 0.223 e. The van der Waals surface area contributed by atoms with Crippen molar-refractivity contribution in [2.45, 2.75) is 39.5 Å². The summed E-state index contributed by atoms with van der Waals surface area (Å²) in [4.78, 5) is 16.1. The van der Waals surface area contributed by atoms with E-state index in [1.54, 1.807) is 4.63 Å². The molecule has 1 amide bonds. The Morgan fingerprint density at radius 1 is 1.37 bits per heavy atom. The van der Waals surface area contributed by atoms with Crippen molar-refractivity contribution in [3.63, 3.8) is 0 Å². The first kappa shape index (κ1) is 19.2. The van der Waals surface area contributed by atoms with Crippen molar-refractivity contribution in [1.29, 1.82) is 0 Å². The van der Waals surface area contributed by atoms with Gasteiger partial charge in [-0.3, -0.25) is 9.89 Å². The monoisotopic (exact) mass is 389 g/mol. The lowest BCUT2D eigenvalue weighted by atomic mass is 9.92. The number of ether oxygens (including phenoxy) is 1. The first-order chi connectivity index (χ1) is 12.8. The SMILES string of the molecule is CCNC(=O)CCOc1cccc(-c2nc3c(Cl)c(C(C)(C)C)[nH]n3n2)c1. The van der Waals surface area contributed by atoms with E-state index in [0.29, 0.717) is 41.8 Å². The minimum atomic E-state index is -0.128. The van der Waals surface area contributed by atoms with Crippen molar-refractivity contribution in [1.82, 2.24) is 25.1 Å². The largest absolute Gasteiger partial charge is 0.493 e. The number of carbonyl (C=O) groups excluding carboxylic acids is 1. The minimum Gasteiger partial charge on any atom is -0.493 e. The Morgan fingerprint density at radius 2 is 2.15 bits per heavy atom. The van der Waals surface area contributed by atoms with E-state index in [2.05, 4.69) is 41.3 Å². The molecule has 3 rings (SSSR count). The zero-order valence-electron chi connectivity index (χ0n) is 16.0. The third-order valence-corrected chi connectivity index (χ3v) is 4.41. The third-order valence-electron chi connectivity index (χ3n) is 4.05. The van der Waals surface area contributed by atoms with Gasteiger partial charge in [-0.05, 0) is 19.1 Å². The standard InChI is InChI=1S/C19H24ClN5O2/c1-5-21-14(26)9-10-27-13-8-6-7-12(11-13)17-22-18-15(20)16(19(2,3)4)23-25(18)24-17/h6-8,11,23H,5,9-10H2,1-4H3,(H,21,26). The van der Waals surface area contributed by atoms with Gasteiger partial charge in [0, 0.05) is 17.5 Å². The van der Waals surface area contributed by atoms with Crippen LogP contribution in [-0.2, 0) is 10.2 Å². The van der Waals surface area contributed by atoms with E-state index in [0.717, 1.165) is 11.3 Å². The van der Waals surface area contributed by atoms with Crippen molar-refractivity contribution in [2.24, 2.45) is 0 Å². The number of H-pyrrole nitrogens is 1. The molecule has 0 saturated heterocycles. The quantitative estimate of drug-likeness (QED) is 0.674. The number of fused-ring (bicyclic) bond motifs is 1. The third kappa shape index (κ3) is 4.24. The van der Waals surface area contributed by atoms with Crippen LogP contribution in [0.1, 0.15) is 39.8 Å². The zero-order valence-corrected chi connectivity index (χ0v) is 16.7. The predicted molar refractivity (Wildman–Crippen MR) is 105 cm³/mol. The molecule has 0 aliphatic carbocycles. The maximum Gasteiger partial charge on any atom is 0.223 e. The van der Waals surface area contributed by atoms with Gasteiger partial charge < -0.3 is 10.1 Å². The van der Waals surface area contributed by atoms with Gasteiger partial charge in [0.2, 0.25) is 5.91 Å². The molecule has 27 heavy (non-hydrogen) atoms. The Hall–Kier alpha value is -2.54. The van der Waals surface area contributed by atoms with E-state index in [-0.39, 0.29) is 11.3 Å². The molecule has 0 aliphatic rings. The summed E-state index contributed by atoms with van der Waals surface area (Å²) in [6.45, 7) is 9.05. The fourth-order valence-corrected chi connectivity index (χ4v) is 3.14. The molecule has 0 spiro atoms. The number of aromatic nitrogens is 4. The van der Waals surface area contributed by atoms with Crippen molar-refractivity contribution >= 4 is 23.2 Å². The summed E-state index contributed by atoms with van der Waals surface area (Å²) < 4.78 is 7.27. The number of hydrogen-bond donors (Lipinski definition) is 2. The highest BCUT2D eigenvalue weighted by Crippen LogP contribution is 2.32. The van der Waals surface area contributed by atoms with Gasteiger partial charge in [0.25, 0.3) is 0 Å². The number of halogens is 1. The van der Waals surface area contributed by atoms with Crippen LogP contribution in [0, 0.1) is 0 Å². The van der Waals surface area contributed by atoms with E-state index in [1.807, 2.05) is 31.2 Å². The van der Waals surface area contributed by atoms with E-state index in [9.17, 15) is 4.79 Å². The Labute approximate surface area is 163 Å². The van der Waals surface area contributed by atoms with Crippen LogP contribution in [0.25, 0.3) is 17.0 Å². The average molecular weight is 390 g/mol. The highest BCUT2D eigenvalue weighted by molar-refractivity contribution is 6.34. The Bertz CT molecular complexity index is 955. The van der Waals surface area contributed by atoms with Crippen molar-refractivity contribution < 1.29 is 9.53 Å². The van der Waals surface area contributed by atoms with Crippen molar-refractivity contribution in [3.8, 4) is 17.1 Å². The molecule has 0 saturated carbocycles. The zero-order chi connectivity index (χ0) is 19.6. The Balaban J connectivity index is 1.78. The van der Waals surface area contributed by atoms with Crippen LogP contribution < -0.4 is 10.1 Å². The molecule has 0 atom stereocenters. The molecular formula is C19H24ClN5O2. The molecule has 0 radical (unpaired) electrons. The van der Waals surface area contributed by atoms with Gasteiger partial charge >= 0.3 is 0 Å². The van der Waals surface area contributed by atoms with Crippen LogP contribution in [0.3, 0.4) is 0 Å². The summed E-state index contributed by atoms with van der Waals surface area (Å²) in [7, 11) is 0. The summed E-state index contributed by atoms with van der Waals surface area (Å²) in [6, 6.07) is 7.47. The molecule has 1 aromatic carbocycles. The van der Waals surface area contributed by atoms with Gasteiger partial charge in [-0.15, -0.1) is 5.10 Å². The average Bonchev–Trinajstić information content (AvgIpc) is 3.15. The lowest BCUT2D eigenvalue weighted by molar-refractivity contribution is -0.121. The highest BCUT2D eigenvalue weighted by Gasteiger charge is 2.24. The van der Waals surface area contributed by atoms with Crippen molar-refractivity contribution in [3.05, 3.63) is 35.0 Å². The lowest BCUT2D eigenvalue weighted by Gasteiger charge is -2.16. The number of rotatable bonds is 6. The number of amides is 1. The summed E-state index contributed by atoms with van der Waals surface area (Å²) in [5.41, 5.74) is 2.18. The lowest BCUT2D eigenvalue weighted by Crippen LogP contribution is -2.24. The number of nitrogens with one attached hydrogen (secondary N) is 2. The fourth-order valence-electron chi connectivity index (χ4n) is 2.69. The van der Waals surface area contributed by atoms with Crippen LogP contribution in [0.4, 0.5) is 0 Å². The number of benzene rings is 1. The van der Waals surface area contributed by atoms with Gasteiger partial charge in [0.05, 0.1) is 18.7 Å². The van der Waals surface area contributed by atoms with Crippen LogP contribution >= 0.6 is 11.6 Å². The topological polar surface area (TPSA) is 84.3 Å². The first-order valence-electron chi connectivity index (χ1n) is 8.94. The van der Waals surface area contributed by atoms with E-state index < -0.39 is 0 Å². The number of carbonyl (C=O) groups is 1. The van der Waals surface area contributed by atoms with Crippen molar-refractivity contribution in [2.75, 3.05) is 13.2 Å². The molecule has 0 unspecified atom stereocenters. The predicted octanol–water partition coefficient (Wildman–Crippen LogP) is 3.58. The molecule has 0 fully saturated rings. The molecule has 2 aromatic heterocycles. The van der Waals surface area contributed by atoms with Gasteiger partial charge in [-0.2, -0.15) is 4.63 Å². The second-order valence-electron chi connectivity index (χ2n) is 7.30. The van der Waals surface area contributed by atoms with Gasteiger partial charge in [0.15, 0.2) is 11.5 Å². The van der Waals surface area contributed by atoms with E-state index in [1.165, 1.54) is 0 Å². The van der Waals surface area contributed by atoms with E-state index >= 15 is 0 Å². The molecule has 144 valence electrons. The number of nitrogens with zero attached hydrogens (tertiary/aromatic N) is 3. The summed E-state index contributed by atoms with van der Waals surface area (Å²) in [5.74, 6) is 1.19. The molecule has 7 nitrogen and oxygen atoms in total. The highest BCUT2D eigenvalue weighted by atomic mass is 35.5. The molecule has 0 bridgehead atoms. The Kier molecular flexibility index (Phi) is 5.41. The number of aromatic amines is 1. The fraction of sp³-hybridized carbons (Fsp3) is 0.421. The molecule has 2 heterocycles. The maximum absolute atomic E-state index is 11.5. The molecule has 8 heteroatoms. The van der Waals surface area contributed by atoms with Crippen LogP contribution in [0.5, 0.6) is 5.75 Å². The molecule has 3 aromatic rings. The molecule has 2 N–H and O–H groups in total. The Morgan fingerprint density at radius 3 is 2.81 bits per heavy atom. The van der Waals surface area contributed by atoms with Gasteiger partial charge in [0.1, 0.15) is 10.8 Å². The maximum atomic E-state index is 11.5. The van der Waals surface area contributed by atoms with E-state index in [4.69, 9.17) is 16.3 Å². The van der Waals surface area contributed by atoms with Crippen LogP contribution in [-0.4, -0.2) is 38.9 Å². The molecular weight excluding hydrogens is 366 g/mol. The normalized spacial score (nSPS) is 11.7.